The van der Waals surface area contributed by atoms with Crippen LogP contribution in [0.4, 0.5) is 10.3 Å². The number of H-pyrrole nitrogens is 1. The summed E-state index contributed by atoms with van der Waals surface area (Å²) in [6.45, 7) is 6.46. The number of hydrogen-bond acceptors (Lipinski definition) is 6. The molecule has 0 saturated heterocycles. The predicted molar refractivity (Wildman–Crippen MR) is 100 cm³/mol. The molecule has 0 aliphatic carbocycles. The first-order chi connectivity index (χ1) is 13.0. The van der Waals surface area contributed by atoms with Crippen molar-refractivity contribution >= 4 is 11.5 Å². The van der Waals surface area contributed by atoms with Crippen molar-refractivity contribution in [3.63, 3.8) is 0 Å². The lowest BCUT2D eigenvalue weighted by Crippen LogP contribution is -2.11. The SMILES string of the molecule is C=C(C)c1ccc(-c2nc(NCCOC)nn2-c2cc(=O)[nH]cn2)cc1F. The minimum Gasteiger partial charge on any atom is -0.383 e. The lowest BCUT2D eigenvalue weighted by atomic mass is 10.1. The van der Waals surface area contributed by atoms with E-state index in [1.54, 1.807) is 26.2 Å². The number of ether oxygens (including phenoxy) is 1. The highest BCUT2D eigenvalue weighted by molar-refractivity contribution is 5.67. The van der Waals surface area contributed by atoms with Crippen molar-refractivity contribution in [2.45, 2.75) is 6.92 Å². The number of nitrogens with zero attached hydrogens (tertiary/aromatic N) is 4. The third-order valence-electron chi connectivity index (χ3n) is 3.76. The fraction of sp³-hybridized carbons (Fsp3) is 0.222. The molecule has 2 aromatic heterocycles. The maximum atomic E-state index is 14.4. The summed E-state index contributed by atoms with van der Waals surface area (Å²) < 4.78 is 20.8. The predicted octanol–water partition coefficient (Wildman–Crippen LogP) is 2.25. The largest absolute Gasteiger partial charge is 0.383 e. The molecule has 140 valence electrons. The summed E-state index contributed by atoms with van der Waals surface area (Å²) in [4.78, 5) is 22.6. The van der Waals surface area contributed by atoms with Gasteiger partial charge in [0, 0.05) is 30.8 Å². The Morgan fingerprint density at radius 3 is 2.89 bits per heavy atom. The van der Waals surface area contributed by atoms with E-state index in [1.165, 1.54) is 23.1 Å². The van der Waals surface area contributed by atoms with Crippen molar-refractivity contribution in [1.29, 1.82) is 0 Å². The highest BCUT2D eigenvalue weighted by Gasteiger charge is 2.16. The van der Waals surface area contributed by atoms with E-state index in [0.717, 1.165) is 0 Å². The molecule has 0 spiro atoms. The van der Waals surface area contributed by atoms with Gasteiger partial charge >= 0.3 is 0 Å². The van der Waals surface area contributed by atoms with Crippen molar-refractivity contribution < 1.29 is 9.13 Å². The van der Waals surface area contributed by atoms with Crippen molar-refractivity contribution in [2.24, 2.45) is 0 Å². The highest BCUT2D eigenvalue weighted by Crippen LogP contribution is 2.25. The molecule has 0 unspecified atom stereocenters. The van der Waals surface area contributed by atoms with E-state index in [0.29, 0.717) is 41.6 Å². The Morgan fingerprint density at radius 2 is 2.22 bits per heavy atom. The Kier molecular flexibility index (Phi) is 5.41. The molecule has 2 N–H and O–H groups in total. The molecule has 0 bridgehead atoms. The number of anilines is 1. The Bertz CT molecular complexity index is 1030. The number of hydrogen-bond donors (Lipinski definition) is 2. The fourth-order valence-electron chi connectivity index (χ4n) is 2.47. The van der Waals surface area contributed by atoms with Crippen molar-refractivity contribution in [1.82, 2.24) is 24.7 Å². The Morgan fingerprint density at radius 1 is 1.41 bits per heavy atom. The van der Waals surface area contributed by atoms with Crippen molar-refractivity contribution in [3.8, 4) is 17.2 Å². The van der Waals surface area contributed by atoms with Crippen LogP contribution in [0.2, 0.25) is 0 Å². The zero-order chi connectivity index (χ0) is 19.4. The number of aromatic amines is 1. The lowest BCUT2D eigenvalue weighted by molar-refractivity contribution is 0.210. The van der Waals surface area contributed by atoms with Crippen molar-refractivity contribution in [2.75, 3.05) is 25.6 Å². The molecule has 0 aliphatic heterocycles. The zero-order valence-corrected chi connectivity index (χ0v) is 15.0. The van der Waals surface area contributed by atoms with E-state index in [1.807, 2.05) is 0 Å². The number of nitrogens with one attached hydrogen (secondary N) is 2. The normalized spacial score (nSPS) is 10.8. The first-order valence-corrected chi connectivity index (χ1v) is 8.20. The average Bonchev–Trinajstić information content (AvgIpc) is 3.06. The van der Waals surface area contributed by atoms with Gasteiger partial charge in [-0.1, -0.05) is 18.7 Å². The maximum Gasteiger partial charge on any atom is 0.252 e. The fourth-order valence-corrected chi connectivity index (χ4v) is 2.47. The summed E-state index contributed by atoms with van der Waals surface area (Å²) in [6.07, 6.45) is 1.27. The summed E-state index contributed by atoms with van der Waals surface area (Å²) >= 11 is 0. The van der Waals surface area contributed by atoms with Gasteiger partial charge in [-0.15, -0.1) is 5.10 Å². The molecule has 0 amide bonds. The molecule has 0 radical (unpaired) electrons. The minimum atomic E-state index is -0.415. The zero-order valence-electron chi connectivity index (χ0n) is 15.0. The van der Waals surface area contributed by atoms with Gasteiger partial charge in [-0.2, -0.15) is 9.67 Å². The quantitative estimate of drug-likeness (QED) is 0.619. The van der Waals surface area contributed by atoms with Gasteiger partial charge in [0.1, 0.15) is 5.82 Å². The molecule has 27 heavy (non-hydrogen) atoms. The van der Waals surface area contributed by atoms with Crippen LogP contribution < -0.4 is 10.9 Å². The topological polar surface area (TPSA) is 97.7 Å². The van der Waals surface area contributed by atoms with Crippen LogP contribution in [0.1, 0.15) is 12.5 Å². The van der Waals surface area contributed by atoms with Crippen molar-refractivity contribution in [3.05, 3.63) is 58.9 Å². The number of allylic oxidation sites excluding steroid dienone is 1. The van der Waals surface area contributed by atoms with Gasteiger partial charge in [0.05, 0.1) is 12.9 Å². The van der Waals surface area contributed by atoms with E-state index in [4.69, 9.17) is 4.74 Å². The molecule has 0 fully saturated rings. The Hall–Kier alpha value is -3.33. The van der Waals surface area contributed by atoms with Crippen LogP contribution in [0.25, 0.3) is 22.8 Å². The third kappa shape index (κ3) is 4.09. The smallest absolute Gasteiger partial charge is 0.252 e. The molecule has 9 heteroatoms. The van der Waals surface area contributed by atoms with Crippen LogP contribution in [0.3, 0.4) is 0 Å². The van der Waals surface area contributed by atoms with Gasteiger partial charge in [0.15, 0.2) is 11.6 Å². The highest BCUT2D eigenvalue weighted by atomic mass is 19.1. The van der Waals surface area contributed by atoms with Gasteiger partial charge in [0.25, 0.3) is 5.56 Å². The number of benzene rings is 1. The van der Waals surface area contributed by atoms with Crippen LogP contribution in [-0.4, -0.2) is 45.0 Å². The summed E-state index contributed by atoms with van der Waals surface area (Å²) in [7, 11) is 1.59. The molecular weight excluding hydrogens is 351 g/mol. The van der Waals surface area contributed by atoms with E-state index >= 15 is 0 Å². The number of halogens is 1. The first-order valence-electron chi connectivity index (χ1n) is 8.20. The van der Waals surface area contributed by atoms with Gasteiger partial charge in [-0.05, 0) is 18.6 Å². The molecule has 2 heterocycles. The van der Waals surface area contributed by atoms with Crippen LogP contribution in [0.15, 0.2) is 42.0 Å². The number of aromatic nitrogens is 5. The van der Waals surface area contributed by atoms with Gasteiger partial charge in [-0.3, -0.25) is 4.79 Å². The average molecular weight is 370 g/mol. The second kappa shape index (κ2) is 7.92. The van der Waals surface area contributed by atoms with Crippen LogP contribution in [0.5, 0.6) is 0 Å². The van der Waals surface area contributed by atoms with E-state index in [9.17, 15) is 9.18 Å². The number of rotatable bonds is 7. The van der Waals surface area contributed by atoms with E-state index in [2.05, 4.69) is 31.9 Å². The molecular formula is C18H19FN6O2. The monoisotopic (exact) mass is 370 g/mol. The summed E-state index contributed by atoms with van der Waals surface area (Å²) in [6, 6.07) is 6.00. The maximum absolute atomic E-state index is 14.4. The van der Waals surface area contributed by atoms with E-state index in [-0.39, 0.29) is 11.4 Å². The molecule has 1 aromatic carbocycles. The second-order valence-corrected chi connectivity index (χ2v) is 5.83. The first kappa shape index (κ1) is 18.5. The molecule has 0 saturated carbocycles. The molecule has 3 rings (SSSR count). The molecule has 0 aliphatic rings. The van der Waals surface area contributed by atoms with Crippen LogP contribution in [-0.2, 0) is 4.74 Å². The van der Waals surface area contributed by atoms with Gasteiger partial charge in [0.2, 0.25) is 5.95 Å². The van der Waals surface area contributed by atoms with Crippen LogP contribution in [0, 0.1) is 5.82 Å². The second-order valence-electron chi connectivity index (χ2n) is 5.83. The molecule has 0 atom stereocenters. The van der Waals surface area contributed by atoms with Crippen LogP contribution >= 0.6 is 0 Å². The Labute approximate surface area is 154 Å². The summed E-state index contributed by atoms with van der Waals surface area (Å²) in [5, 5.41) is 7.36. The third-order valence-corrected chi connectivity index (χ3v) is 3.76. The minimum absolute atomic E-state index is 0.269. The Balaban J connectivity index is 2.08. The van der Waals surface area contributed by atoms with Gasteiger partial charge in [-0.25, -0.2) is 9.37 Å². The lowest BCUT2D eigenvalue weighted by Gasteiger charge is -2.07. The number of methoxy groups -OCH3 is 1. The van der Waals surface area contributed by atoms with E-state index < -0.39 is 5.82 Å². The summed E-state index contributed by atoms with van der Waals surface area (Å²) in [5.41, 5.74) is 1.21. The van der Waals surface area contributed by atoms with Gasteiger partial charge < -0.3 is 15.0 Å². The molecule has 8 nitrogen and oxygen atoms in total. The molecule has 3 aromatic rings. The summed E-state index contributed by atoms with van der Waals surface area (Å²) in [5.74, 6) is 0.515. The standard InChI is InChI=1S/C18H19FN6O2/c1-11(2)13-5-4-12(8-14(13)19)17-23-18(20-6-7-27-3)24-25(17)15-9-16(26)22-10-21-15/h4-5,8-10H,1,6-7H2,2-3H3,(H,20,24)(H,21,22,26).